The van der Waals surface area contributed by atoms with E-state index in [9.17, 15) is 8.78 Å². The minimum absolute atomic E-state index is 0.0228. The molecule has 0 bridgehead atoms. The van der Waals surface area contributed by atoms with E-state index in [1.807, 2.05) is 0 Å². The van der Waals surface area contributed by atoms with Crippen molar-refractivity contribution in [3.8, 4) is 11.5 Å². The van der Waals surface area contributed by atoms with E-state index >= 15 is 0 Å². The number of hydrogen-bond donors (Lipinski definition) is 2. The number of nitrogens with one attached hydrogen (secondary N) is 1. The Labute approximate surface area is 102 Å². The third kappa shape index (κ3) is 2.45. The van der Waals surface area contributed by atoms with E-state index in [-0.39, 0.29) is 5.56 Å². The minimum atomic E-state index is -0.899. The molecule has 0 saturated heterocycles. The maximum Gasteiger partial charge on any atom is 0.198 e. The van der Waals surface area contributed by atoms with E-state index in [4.69, 9.17) is 15.9 Å². The van der Waals surface area contributed by atoms with Crippen molar-refractivity contribution in [2.75, 3.05) is 0 Å². The summed E-state index contributed by atoms with van der Waals surface area (Å²) in [6, 6.07) is 10.2. The number of halogens is 2. The lowest BCUT2D eigenvalue weighted by Gasteiger charge is -2.09. The number of ether oxygens (including phenoxy) is 1. The van der Waals surface area contributed by atoms with Crippen LogP contribution in [0.4, 0.5) is 8.78 Å². The molecule has 0 unspecified atom stereocenters. The summed E-state index contributed by atoms with van der Waals surface area (Å²) in [4.78, 5) is 0. The molecule has 0 spiro atoms. The van der Waals surface area contributed by atoms with Gasteiger partial charge in [-0.15, -0.1) is 0 Å². The highest BCUT2D eigenvalue weighted by molar-refractivity contribution is 5.95. The lowest BCUT2D eigenvalue weighted by atomic mass is 10.2. The van der Waals surface area contributed by atoms with E-state index < -0.39 is 23.2 Å². The second-order valence-corrected chi connectivity index (χ2v) is 3.60. The number of nitrogen functional groups attached to an aromatic ring is 1. The summed E-state index contributed by atoms with van der Waals surface area (Å²) in [7, 11) is 0. The predicted octanol–water partition coefficient (Wildman–Crippen LogP) is 3.04. The minimum Gasteiger partial charge on any atom is -0.451 e. The average molecular weight is 248 g/mol. The number of hydrogen-bond acceptors (Lipinski definition) is 2. The summed E-state index contributed by atoms with van der Waals surface area (Å²) in [5.74, 6) is -2.38. The molecule has 92 valence electrons. The van der Waals surface area contributed by atoms with E-state index in [0.29, 0.717) is 5.75 Å². The van der Waals surface area contributed by atoms with Gasteiger partial charge < -0.3 is 10.5 Å². The van der Waals surface area contributed by atoms with Crippen LogP contribution in [-0.2, 0) is 0 Å². The number of benzene rings is 2. The molecule has 0 fully saturated rings. The van der Waals surface area contributed by atoms with Crippen molar-refractivity contribution in [2.45, 2.75) is 0 Å². The van der Waals surface area contributed by atoms with Crippen LogP contribution in [0.25, 0.3) is 0 Å². The summed E-state index contributed by atoms with van der Waals surface area (Å²) >= 11 is 0. The molecule has 2 rings (SSSR count). The lowest BCUT2D eigenvalue weighted by Crippen LogP contribution is -2.12. The van der Waals surface area contributed by atoms with Crippen molar-refractivity contribution in [1.29, 1.82) is 5.41 Å². The molecule has 5 heteroatoms. The number of nitrogens with two attached hydrogens (primary N) is 1. The van der Waals surface area contributed by atoms with Crippen molar-refractivity contribution >= 4 is 5.84 Å². The molecule has 0 aliphatic rings. The van der Waals surface area contributed by atoms with Crippen LogP contribution in [0.15, 0.2) is 42.5 Å². The normalized spacial score (nSPS) is 10.1. The van der Waals surface area contributed by atoms with Crippen molar-refractivity contribution in [1.82, 2.24) is 0 Å². The summed E-state index contributed by atoms with van der Waals surface area (Å²) in [6.45, 7) is 0. The Morgan fingerprint density at radius 3 is 2.11 bits per heavy atom. The molecule has 0 atom stereocenters. The molecule has 0 saturated carbocycles. The van der Waals surface area contributed by atoms with E-state index in [1.165, 1.54) is 0 Å². The van der Waals surface area contributed by atoms with E-state index in [0.717, 1.165) is 12.1 Å². The fourth-order valence-corrected chi connectivity index (χ4v) is 1.42. The molecule has 0 aliphatic carbocycles. The van der Waals surface area contributed by atoms with Crippen molar-refractivity contribution < 1.29 is 13.5 Å². The molecule has 3 N–H and O–H groups in total. The van der Waals surface area contributed by atoms with Gasteiger partial charge in [0, 0.05) is 5.56 Å². The topological polar surface area (TPSA) is 59.1 Å². The first-order chi connectivity index (χ1) is 8.58. The van der Waals surface area contributed by atoms with Crippen LogP contribution in [0.2, 0.25) is 0 Å². The zero-order chi connectivity index (χ0) is 13.1. The molecule has 2 aromatic rings. The second-order valence-electron chi connectivity index (χ2n) is 3.60. The van der Waals surface area contributed by atoms with Crippen LogP contribution >= 0.6 is 0 Å². The maximum atomic E-state index is 13.6. The van der Waals surface area contributed by atoms with Crippen LogP contribution in [0.1, 0.15) is 5.56 Å². The first-order valence-corrected chi connectivity index (χ1v) is 5.14. The second kappa shape index (κ2) is 4.83. The van der Waals surface area contributed by atoms with Crippen molar-refractivity contribution in [2.24, 2.45) is 5.73 Å². The Bertz CT molecular complexity index is 562. The monoisotopic (exact) mass is 248 g/mol. The molecule has 2 aromatic carbocycles. The summed E-state index contributed by atoms with van der Waals surface area (Å²) in [5, 5.41) is 7.12. The number of para-hydroxylation sites is 1. The van der Waals surface area contributed by atoms with Gasteiger partial charge in [-0.3, -0.25) is 5.41 Å². The van der Waals surface area contributed by atoms with Crippen LogP contribution in [0, 0.1) is 17.0 Å². The molecule has 0 radical (unpaired) electrons. The van der Waals surface area contributed by atoms with Gasteiger partial charge in [-0.25, -0.2) is 8.78 Å². The lowest BCUT2D eigenvalue weighted by molar-refractivity contribution is 0.407. The van der Waals surface area contributed by atoms with Crippen LogP contribution in [0.3, 0.4) is 0 Å². The molecule has 0 aliphatic heterocycles. The summed E-state index contributed by atoms with van der Waals surface area (Å²) < 4.78 is 32.4. The molecule has 3 nitrogen and oxygen atoms in total. The third-order valence-corrected chi connectivity index (χ3v) is 2.27. The molecule has 0 amide bonds. The Hall–Kier alpha value is -2.43. The SMILES string of the molecule is N=C(N)c1cc(F)c(Oc2ccccc2)c(F)c1. The summed E-state index contributed by atoms with van der Waals surface area (Å²) in [5.41, 5.74) is 5.14. The number of amidine groups is 1. The van der Waals surface area contributed by atoms with Crippen LogP contribution < -0.4 is 10.5 Å². The van der Waals surface area contributed by atoms with Gasteiger partial charge in [-0.2, -0.15) is 0 Å². The summed E-state index contributed by atoms with van der Waals surface area (Å²) in [6.07, 6.45) is 0. The van der Waals surface area contributed by atoms with Crippen LogP contribution in [-0.4, -0.2) is 5.84 Å². The van der Waals surface area contributed by atoms with Gasteiger partial charge in [-0.1, -0.05) is 18.2 Å². The third-order valence-electron chi connectivity index (χ3n) is 2.27. The molecule has 18 heavy (non-hydrogen) atoms. The van der Waals surface area contributed by atoms with Crippen molar-refractivity contribution in [3.63, 3.8) is 0 Å². The van der Waals surface area contributed by atoms with Gasteiger partial charge >= 0.3 is 0 Å². The van der Waals surface area contributed by atoms with Gasteiger partial charge in [0.05, 0.1) is 0 Å². The highest BCUT2D eigenvalue weighted by atomic mass is 19.1. The van der Waals surface area contributed by atoms with Gasteiger partial charge in [0.15, 0.2) is 17.4 Å². The Kier molecular flexibility index (Phi) is 3.23. The zero-order valence-corrected chi connectivity index (χ0v) is 9.28. The van der Waals surface area contributed by atoms with E-state index in [1.54, 1.807) is 30.3 Å². The highest BCUT2D eigenvalue weighted by Gasteiger charge is 2.14. The molecular formula is C13H10F2N2O. The first-order valence-electron chi connectivity index (χ1n) is 5.14. The quantitative estimate of drug-likeness (QED) is 0.647. The first kappa shape index (κ1) is 12.0. The van der Waals surface area contributed by atoms with Gasteiger partial charge in [0.1, 0.15) is 11.6 Å². The van der Waals surface area contributed by atoms with Gasteiger partial charge in [0.25, 0.3) is 0 Å². The smallest absolute Gasteiger partial charge is 0.198 e. The fraction of sp³-hybridized carbons (Fsp3) is 0. The zero-order valence-electron chi connectivity index (χ0n) is 9.28. The Morgan fingerprint density at radius 1 is 1.06 bits per heavy atom. The fourth-order valence-electron chi connectivity index (χ4n) is 1.42. The van der Waals surface area contributed by atoms with Gasteiger partial charge in [-0.05, 0) is 24.3 Å². The maximum absolute atomic E-state index is 13.6. The Morgan fingerprint density at radius 2 is 1.61 bits per heavy atom. The number of rotatable bonds is 3. The van der Waals surface area contributed by atoms with E-state index in [2.05, 4.69) is 0 Å². The largest absolute Gasteiger partial charge is 0.451 e. The average Bonchev–Trinajstić information content (AvgIpc) is 2.34. The molecule has 0 heterocycles. The predicted molar refractivity (Wildman–Crippen MR) is 63.9 cm³/mol. The molecule has 0 aromatic heterocycles. The van der Waals surface area contributed by atoms with Crippen molar-refractivity contribution in [3.05, 3.63) is 59.7 Å². The standard InChI is InChI=1S/C13H10F2N2O/c14-10-6-8(13(16)17)7-11(15)12(10)18-9-4-2-1-3-5-9/h1-7H,(H3,16,17). The van der Waals surface area contributed by atoms with Crippen LogP contribution in [0.5, 0.6) is 11.5 Å². The van der Waals surface area contributed by atoms with Gasteiger partial charge in [0.2, 0.25) is 0 Å². The Balaban J connectivity index is 2.37. The highest BCUT2D eigenvalue weighted by Crippen LogP contribution is 2.28. The molecular weight excluding hydrogens is 238 g/mol.